The molecule has 1 heterocycles. The number of hydrogen-bond donors (Lipinski definition) is 1. The quantitative estimate of drug-likeness (QED) is 0.300. The summed E-state index contributed by atoms with van der Waals surface area (Å²) in [6, 6.07) is 10.1. The lowest BCUT2D eigenvalue weighted by atomic mass is 10.1. The molecule has 1 amide bonds. The number of non-ortho nitro benzene ring substituents is 2. The van der Waals surface area contributed by atoms with Crippen LogP contribution in [0.2, 0.25) is 0 Å². The number of carbonyl (C=O) groups excluding carboxylic acids is 1. The van der Waals surface area contributed by atoms with Gasteiger partial charge < -0.3 is 4.42 Å². The van der Waals surface area contributed by atoms with E-state index in [0.29, 0.717) is 5.39 Å². The number of nitro groups is 2. The summed E-state index contributed by atoms with van der Waals surface area (Å²) < 4.78 is 5.14. The number of nitrogens with zero attached hydrogens (tertiary/aromatic N) is 3. The van der Waals surface area contributed by atoms with Gasteiger partial charge in [-0.15, -0.1) is 0 Å². The molecule has 0 bridgehead atoms. The molecule has 0 saturated heterocycles. The highest BCUT2D eigenvalue weighted by molar-refractivity contribution is 6.02. The summed E-state index contributed by atoms with van der Waals surface area (Å²) in [5.74, 6) is -0.639. The third-order valence-electron chi connectivity index (χ3n) is 3.98. The van der Waals surface area contributed by atoms with Crippen molar-refractivity contribution in [2.75, 3.05) is 0 Å². The number of hydrogen-bond acceptors (Lipinski definition) is 8. The Kier molecular flexibility index (Phi) is 5.13. The van der Waals surface area contributed by atoms with Gasteiger partial charge in [-0.3, -0.25) is 25.0 Å². The fourth-order valence-corrected chi connectivity index (χ4v) is 2.47. The lowest BCUT2D eigenvalue weighted by Crippen LogP contribution is -2.21. The molecule has 0 fully saturated rings. The van der Waals surface area contributed by atoms with Gasteiger partial charge in [0, 0.05) is 35.2 Å². The summed E-state index contributed by atoms with van der Waals surface area (Å²) in [5.41, 5.74) is 1.62. The van der Waals surface area contributed by atoms with Crippen LogP contribution in [-0.4, -0.2) is 21.5 Å². The molecule has 11 nitrogen and oxygen atoms in total. The van der Waals surface area contributed by atoms with Gasteiger partial charge >= 0.3 is 5.63 Å². The highest BCUT2D eigenvalue weighted by Crippen LogP contribution is 2.20. The van der Waals surface area contributed by atoms with Crippen LogP contribution in [0.15, 0.2) is 62.8 Å². The van der Waals surface area contributed by atoms with Crippen LogP contribution in [0.5, 0.6) is 0 Å². The molecule has 3 rings (SSSR count). The van der Waals surface area contributed by atoms with Gasteiger partial charge in [0.15, 0.2) is 0 Å². The maximum absolute atomic E-state index is 12.2. The first-order valence-electron chi connectivity index (χ1n) is 8.08. The van der Waals surface area contributed by atoms with Crippen molar-refractivity contribution in [1.29, 1.82) is 0 Å². The summed E-state index contributed by atoms with van der Waals surface area (Å²) in [6.07, 6.45) is 0. The normalized spacial score (nSPS) is 11.3. The highest BCUT2D eigenvalue weighted by atomic mass is 16.6. The lowest BCUT2D eigenvalue weighted by Gasteiger charge is -2.04. The second-order valence-corrected chi connectivity index (χ2v) is 5.87. The molecule has 2 aromatic carbocycles. The van der Waals surface area contributed by atoms with E-state index in [2.05, 4.69) is 10.5 Å². The van der Waals surface area contributed by atoms with Crippen molar-refractivity contribution in [2.24, 2.45) is 5.10 Å². The van der Waals surface area contributed by atoms with Crippen LogP contribution in [0.1, 0.15) is 22.8 Å². The molecule has 0 atom stereocenters. The number of carbonyl (C=O) groups is 1. The Hall–Kier alpha value is -4.41. The number of benzene rings is 2. The van der Waals surface area contributed by atoms with Crippen molar-refractivity contribution >= 4 is 34.0 Å². The van der Waals surface area contributed by atoms with Gasteiger partial charge in [-0.05, 0) is 31.2 Å². The van der Waals surface area contributed by atoms with Gasteiger partial charge in [-0.25, -0.2) is 10.2 Å². The first kappa shape index (κ1) is 19.4. The number of nitro benzene ring substituents is 2. The largest absolute Gasteiger partial charge is 0.422 e. The molecule has 0 saturated carbocycles. The molecule has 0 aliphatic carbocycles. The Balaban J connectivity index is 1.86. The predicted octanol–water partition coefficient (Wildman–Crippen LogP) is 2.76. The molecule has 0 unspecified atom stereocenters. The zero-order valence-electron chi connectivity index (χ0n) is 14.8. The van der Waals surface area contributed by atoms with E-state index in [1.54, 1.807) is 0 Å². The average Bonchev–Trinajstić information content (AvgIpc) is 2.70. The minimum atomic E-state index is -0.725. The van der Waals surface area contributed by atoms with Gasteiger partial charge in [0.25, 0.3) is 17.3 Å². The number of nitrogens with one attached hydrogen (secondary N) is 1. The Labute approximate surface area is 161 Å². The number of fused-ring (bicyclic) bond motifs is 1. The van der Waals surface area contributed by atoms with E-state index in [4.69, 9.17) is 4.42 Å². The smallest absolute Gasteiger partial charge is 0.345 e. The monoisotopic (exact) mass is 396 g/mol. The lowest BCUT2D eigenvalue weighted by molar-refractivity contribution is -0.385. The van der Waals surface area contributed by atoms with Crippen molar-refractivity contribution in [3.05, 3.63) is 90.3 Å². The van der Waals surface area contributed by atoms with E-state index >= 15 is 0 Å². The molecule has 0 radical (unpaired) electrons. The first-order chi connectivity index (χ1) is 13.8. The Morgan fingerprint density at radius 1 is 1.00 bits per heavy atom. The maximum Gasteiger partial charge on any atom is 0.345 e. The number of rotatable bonds is 5. The molecular weight excluding hydrogens is 384 g/mol. The van der Waals surface area contributed by atoms with Crippen LogP contribution in [0.4, 0.5) is 11.4 Å². The molecular formula is C18H12N4O7. The summed E-state index contributed by atoms with van der Waals surface area (Å²) in [7, 11) is 0. The van der Waals surface area contributed by atoms with Crippen LogP contribution in [0.3, 0.4) is 0 Å². The molecule has 3 aromatic rings. The SMILES string of the molecule is C/C(=N\NC(=O)c1ccc([N+](=O)[O-])cc1)c1cc2cc([N+](=O)[O-])ccc2oc1=O. The summed E-state index contributed by atoms with van der Waals surface area (Å²) in [6.45, 7) is 1.45. The van der Waals surface area contributed by atoms with E-state index in [9.17, 15) is 29.8 Å². The topological polar surface area (TPSA) is 158 Å². The zero-order chi connectivity index (χ0) is 21.1. The summed E-state index contributed by atoms with van der Waals surface area (Å²) in [4.78, 5) is 44.7. The molecule has 0 aliphatic rings. The van der Waals surface area contributed by atoms with Gasteiger partial charge in [0.1, 0.15) is 5.58 Å². The molecule has 0 aliphatic heterocycles. The van der Waals surface area contributed by atoms with Gasteiger partial charge in [-0.1, -0.05) is 0 Å². The molecule has 29 heavy (non-hydrogen) atoms. The van der Waals surface area contributed by atoms with Gasteiger partial charge in [-0.2, -0.15) is 5.10 Å². The second kappa shape index (κ2) is 7.68. The van der Waals surface area contributed by atoms with E-state index in [-0.39, 0.29) is 33.8 Å². The standard InChI is InChI=1S/C18H12N4O7/c1-10(19-20-17(23)11-2-4-13(5-3-11)21(25)26)15-9-12-8-14(22(27)28)6-7-16(12)29-18(15)24/h2-9H,1H3,(H,20,23)/b19-10+. The Morgan fingerprint density at radius 2 is 1.62 bits per heavy atom. The van der Waals surface area contributed by atoms with Gasteiger partial charge in [0.2, 0.25) is 0 Å². The Bertz CT molecular complexity index is 1230. The van der Waals surface area contributed by atoms with Crippen LogP contribution >= 0.6 is 0 Å². The van der Waals surface area contributed by atoms with Crippen molar-refractivity contribution in [3.63, 3.8) is 0 Å². The summed E-state index contributed by atoms with van der Waals surface area (Å²) in [5, 5.41) is 25.7. The number of amides is 1. The average molecular weight is 396 g/mol. The third kappa shape index (κ3) is 4.13. The summed E-state index contributed by atoms with van der Waals surface area (Å²) >= 11 is 0. The molecule has 11 heteroatoms. The first-order valence-corrected chi connectivity index (χ1v) is 8.08. The van der Waals surface area contributed by atoms with E-state index in [0.717, 1.165) is 0 Å². The minimum absolute atomic E-state index is 0.0157. The van der Waals surface area contributed by atoms with Crippen molar-refractivity contribution < 1.29 is 19.1 Å². The fourth-order valence-electron chi connectivity index (χ4n) is 2.47. The van der Waals surface area contributed by atoms with Crippen molar-refractivity contribution in [3.8, 4) is 0 Å². The third-order valence-corrected chi connectivity index (χ3v) is 3.98. The van der Waals surface area contributed by atoms with Gasteiger partial charge in [0.05, 0.1) is 21.1 Å². The van der Waals surface area contributed by atoms with Crippen molar-refractivity contribution in [2.45, 2.75) is 6.92 Å². The maximum atomic E-state index is 12.2. The molecule has 1 aromatic heterocycles. The molecule has 1 N–H and O–H groups in total. The minimum Gasteiger partial charge on any atom is -0.422 e. The van der Waals surface area contributed by atoms with Crippen LogP contribution < -0.4 is 11.1 Å². The van der Waals surface area contributed by atoms with E-state index in [1.165, 1.54) is 55.5 Å². The number of hydrazone groups is 1. The predicted molar refractivity (Wildman–Crippen MR) is 102 cm³/mol. The van der Waals surface area contributed by atoms with Crippen LogP contribution in [-0.2, 0) is 0 Å². The van der Waals surface area contributed by atoms with E-state index in [1.807, 2.05) is 0 Å². The van der Waals surface area contributed by atoms with Crippen molar-refractivity contribution in [1.82, 2.24) is 5.43 Å². The molecule has 0 spiro atoms. The van der Waals surface area contributed by atoms with Crippen LogP contribution in [0, 0.1) is 20.2 Å². The van der Waals surface area contributed by atoms with E-state index < -0.39 is 21.4 Å². The Morgan fingerprint density at radius 3 is 2.24 bits per heavy atom. The fraction of sp³-hybridized carbons (Fsp3) is 0.0556. The van der Waals surface area contributed by atoms with Crippen LogP contribution in [0.25, 0.3) is 11.0 Å². The molecule has 146 valence electrons. The highest BCUT2D eigenvalue weighted by Gasteiger charge is 2.13. The zero-order valence-corrected chi connectivity index (χ0v) is 14.8. The second-order valence-electron chi connectivity index (χ2n) is 5.87.